The zero-order chi connectivity index (χ0) is 11.8. The van der Waals surface area contributed by atoms with Crippen molar-refractivity contribution in [2.24, 2.45) is 0 Å². The van der Waals surface area contributed by atoms with Gasteiger partial charge in [0.05, 0.1) is 4.88 Å². The third kappa shape index (κ3) is 1.98. The number of nitrogens with zero attached hydrogens (tertiary/aromatic N) is 2. The molecule has 0 atom stereocenters. The monoisotopic (exact) mass is 309 g/mol. The summed E-state index contributed by atoms with van der Waals surface area (Å²) in [5, 5.41) is 5.25. The number of aromatic nitrogens is 2. The van der Waals surface area contributed by atoms with Crippen LogP contribution in [-0.2, 0) is 12.8 Å². The molecule has 5 heteroatoms. The summed E-state index contributed by atoms with van der Waals surface area (Å²) >= 11 is 5.13. The summed E-state index contributed by atoms with van der Waals surface area (Å²) in [6, 6.07) is 2.07. The second-order valence-corrected chi connectivity index (χ2v) is 5.88. The largest absolute Gasteiger partial charge is 0.373 e. The highest BCUT2D eigenvalue weighted by Crippen LogP contribution is 2.32. The predicted octanol–water partition coefficient (Wildman–Crippen LogP) is 3.50. The highest BCUT2D eigenvalue weighted by molar-refractivity contribution is 9.10. The molecule has 2 heterocycles. The van der Waals surface area contributed by atoms with Gasteiger partial charge in [-0.05, 0) is 41.3 Å². The molecule has 2 aromatic heterocycles. The van der Waals surface area contributed by atoms with E-state index in [1.165, 1.54) is 17.7 Å². The van der Waals surface area contributed by atoms with E-state index in [1.54, 1.807) is 11.3 Å². The first kappa shape index (κ1) is 11.2. The maximum absolute atomic E-state index is 4.68. The van der Waals surface area contributed by atoms with Gasteiger partial charge in [-0.25, -0.2) is 9.97 Å². The summed E-state index contributed by atoms with van der Waals surface area (Å²) in [6.07, 6.45) is 3.36. The highest BCUT2D eigenvalue weighted by Gasteiger charge is 2.19. The van der Waals surface area contributed by atoms with E-state index in [0.29, 0.717) is 0 Å². The van der Waals surface area contributed by atoms with E-state index >= 15 is 0 Å². The van der Waals surface area contributed by atoms with Gasteiger partial charge in [-0.2, -0.15) is 0 Å². The first-order valence-electron chi connectivity index (χ1n) is 5.60. The van der Waals surface area contributed by atoms with Gasteiger partial charge in [0.2, 0.25) is 0 Å². The fourth-order valence-corrected chi connectivity index (χ4v) is 3.54. The van der Waals surface area contributed by atoms with E-state index in [4.69, 9.17) is 0 Å². The number of fused-ring (bicyclic) bond motifs is 1. The van der Waals surface area contributed by atoms with Gasteiger partial charge in [0, 0.05) is 28.2 Å². The average molecular weight is 310 g/mol. The van der Waals surface area contributed by atoms with Gasteiger partial charge in [-0.15, -0.1) is 11.3 Å². The van der Waals surface area contributed by atoms with Crippen LogP contribution in [0.25, 0.3) is 10.7 Å². The van der Waals surface area contributed by atoms with Crippen molar-refractivity contribution in [2.45, 2.75) is 19.3 Å². The average Bonchev–Trinajstić information content (AvgIpc) is 2.95. The minimum Gasteiger partial charge on any atom is -0.373 e. The topological polar surface area (TPSA) is 37.8 Å². The third-order valence-electron chi connectivity index (χ3n) is 2.96. The van der Waals surface area contributed by atoms with E-state index in [1.807, 2.05) is 7.05 Å². The maximum atomic E-state index is 4.68. The van der Waals surface area contributed by atoms with Gasteiger partial charge in [0.1, 0.15) is 5.82 Å². The lowest BCUT2D eigenvalue weighted by Gasteiger charge is -2.08. The Labute approximate surface area is 112 Å². The van der Waals surface area contributed by atoms with Crippen LogP contribution in [-0.4, -0.2) is 17.0 Å². The van der Waals surface area contributed by atoms with Gasteiger partial charge in [-0.1, -0.05) is 0 Å². The van der Waals surface area contributed by atoms with Crippen molar-refractivity contribution in [3.63, 3.8) is 0 Å². The SMILES string of the molecule is CNc1nc(-c2cc(Br)cs2)nc2c1CCC2. The third-order valence-corrected chi connectivity index (χ3v) is 4.64. The molecule has 0 spiro atoms. The zero-order valence-corrected chi connectivity index (χ0v) is 11.9. The molecule has 0 aliphatic heterocycles. The van der Waals surface area contributed by atoms with Gasteiger partial charge in [-0.3, -0.25) is 0 Å². The van der Waals surface area contributed by atoms with Crippen LogP contribution in [0.5, 0.6) is 0 Å². The van der Waals surface area contributed by atoms with Crippen LogP contribution in [0, 0.1) is 0 Å². The fourth-order valence-electron chi connectivity index (χ4n) is 2.18. The Morgan fingerprint density at radius 3 is 2.94 bits per heavy atom. The van der Waals surface area contributed by atoms with Gasteiger partial charge >= 0.3 is 0 Å². The minimum atomic E-state index is 0.839. The molecule has 1 aliphatic rings. The first-order valence-corrected chi connectivity index (χ1v) is 7.27. The zero-order valence-electron chi connectivity index (χ0n) is 9.46. The van der Waals surface area contributed by atoms with Crippen molar-refractivity contribution in [2.75, 3.05) is 12.4 Å². The van der Waals surface area contributed by atoms with E-state index < -0.39 is 0 Å². The van der Waals surface area contributed by atoms with Crippen LogP contribution < -0.4 is 5.32 Å². The quantitative estimate of drug-likeness (QED) is 0.922. The first-order chi connectivity index (χ1) is 8.28. The van der Waals surface area contributed by atoms with Crippen LogP contribution in [0.3, 0.4) is 0 Å². The molecular weight excluding hydrogens is 298 g/mol. The minimum absolute atomic E-state index is 0.839. The van der Waals surface area contributed by atoms with Crippen molar-refractivity contribution in [1.29, 1.82) is 0 Å². The summed E-state index contributed by atoms with van der Waals surface area (Å²) in [5.41, 5.74) is 2.51. The molecule has 17 heavy (non-hydrogen) atoms. The van der Waals surface area contributed by atoms with Crippen molar-refractivity contribution in [3.8, 4) is 10.7 Å². The summed E-state index contributed by atoms with van der Waals surface area (Å²) < 4.78 is 1.09. The lowest BCUT2D eigenvalue weighted by molar-refractivity contribution is 0.900. The molecule has 3 nitrogen and oxygen atoms in total. The Balaban J connectivity index is 2.12. The van der Waals surface area contributed by atoms with Crippen LogP contribution in [0.15, 0.2) is 15.9 Å². The van der Waals surface area contributed by atoms with Crippen molar-refractivity contribution >= 4 is 33.1 Å². The number of thiophene rings is 1. The number of halogens is 1. The number of nitrogens with one attached hydrogen (secondary N) is 1. The van der Waals surface area contributed by atoms with E-state index in [2.05, 4.69) is 42.7 Å². The molecule has 3 rings (SSSR count). The fraction of sp³-hybridized carbons (Fsp3) is 0.333. The molecule has 88 valence electrons. The predicted molar refractivity (Wildman–Crippen MR) is 74.6 cm³/mol. The molecule has 0 saturated carbocycles. The molecular formula is C12H12BrN3S. The summed E-state index contributed by atoms with van der Waals surface area (Å²) in [5.74, 6) is 1.83. The molecule has 0 bridgehead atoms. The number of hydrogen-bond donors (Lipinski definition) is 1. The number of aryl methyl sites for hydroxylation is 1. The van der Waals surface area contributed by atoms with E-state index in [-0.39, 0.29) is 0 Å². The molecule has 0 unspecified atom stereocenters. The van der Waals surface area contributed by atoms with Crippen LogP contribution >= 0.6 is 27.3 Å². The second-order valence-electron chi connectivity index (χ2n) is 4.05. The second kappa shape index (κ2) is 4.38. The molecule has 0 fully saturated rings. The van der Waals surface area contributed by atoms with Crippen LogP contribution in [0.2, 0.25) is 0 Å². The van der Waals surface area contributed by atoms with Crippen molar-refractivity contribution < 1.29 is 0 Å². The Morgan fingerprint density at radius 2 is 2.24 bits per heavy atom. The highest BCUT2D eigenvalue weighted by atomic mass is 79.9. The summed E-state index contributed by atoms with van der Waals surface area (Å²) in [6.45, 7) is 0. The van der Waals surface area contributed by atoms with Gasteiger partial charge < -0.3 is 5.32 Å². The Morgan fingerprint density at radius 1 is 1.35 bits per heavy atom. The maximum Gasteiger partial charge on any atom is 0.171 e. The molecule has 2 aromatic rings. The lowest BCUT2D eigenvalue weighted by Crippen LogP contribution is -2.02. The number of rotatable bonds is 2. The van der Waals surface area contributed by atoms with Crippen molar-refractivity contribution in [3.05, 3.63) is 27.2 Å². The summed E-state index contributed by atoms with van der Waals surface area (Å²) in [7, 11) is 1.93. The standard InChI is InChI=1S/C12H12BrN3S/c1-14-11-8-3-2-4-9(8)15-12(16-11)10-5-7(13)6-17-10/h5-6H,2-4H2,1H3,(H,14,15,16). The van der Waals surface area contributed by atoms with E-state index in [9.17, 15) is 0 Å². The molecule has 1 aliphatic carbocycles. The smallest absolute Gasteiger partial charge is 0.171 e. The van der Waals surface area contributed by atoms with Gasteiger partial charge in [0.15, 0.2) is 5.82 Å². The molecule has 0 amide bonds. The molecule has 0 saturated heterocycles. The Bertz CT molecular complexity index is 565. The Kier molecular flexibility index (Phi) is 2.88. The normalized spacial score (nSPS) is 13.8. The summed E-state index contributed by atoms with van der Waals surface area (Å²) in [4.78, 5) is 10.4. The van der Waals surface area contributed by atoms with Crippen LogP contribution in [0.1, 0.15) is 17.7 Å². The van der Waals surface area contributed by atoms with Crippen molar-refractivity contribution in [1.82, 2.24) is 9.97 Å². The number of anilines is 1. The molecule has 0 radical (unpaired) electrons. The van der Waals surface area contributed by atoms with E-state index in [0.717, 1.165) is 33.8 Å². The molecule has 1 N–H and O–H groups in total. The van der Waals surface area contributed by atoms with Gasteiger partial charge in [0.25, 0.3) is 0 Å². The molecule has 0 aromatic carbocycles. The lowest BCUT2D eigenvalue weighted by atomic mass is 10.2. The van der Waals surface area contributed by atoms with Crippen LogP contribution in [0.4, 0.5) is 5.82 Å². The number of hydrogen-bond acceptors (Lipinski definition) is 4. The Hall–Kier alpha value is -0.940.